The summed E-state index contributed by atoms with van der Waals surface area (Å²) < 4.78 is 0. The van der Waals surface area contributed by atoms with Gasteiger partial charge in [-0.15, -0.1) is 0 Å². The predicted octanol–water partition coefficient (Wildman–Crippen LogP) is 3.15. The van der Waals surface area contributed by atoms with E-state index in [2.05, 4.69) is 12.2 Å². The van der Waals surface area contributed by atoms with Crippen LogP contribution >= 0.6 is 0 Å². The molecule has 0 saturated carbocycles. The molecule has 150 valence electrons. The lowest BCUT2D eigenvalue weighted by Gasteiger charge is -2.19. The summed E-state index contributed by atoms with van der Waals surface area (Å²) in [7, 11) is 0. The van der Waals surface area contributed by atoms with Gasteiger partial charge in [-0.05, 0) is 54.3 Å². The summed E-state index contributed by atoms with van der Waals surface area (Å²) in [6.07, 6.45) is 1.89. The molecule has 4 rings (SSSR count). The Balaban J connectivity index is 1.47. The van der Waals surface area contributed by atoms with Gasteiger partial charge < -0.3 is 15.1 Å². The number of carbonyl (C=O) groups is 3. The van der Waals surface area contributed by atoms with Crippen molar-refractivity contribution in [1.82, 2.24) is 0 Å². The van der Waals surface area contributed by atoms with Gasteiger partial charge in [0.25, 0.3) is 0 Å². The van der Waals surface area contributed by atoms with E-state index in [9.17, 15) is 14.4 Å². The van der Waals surface area contributed by atoms with Crippen LogP contribution in [0.4, 0.5) is 17.1 Å². The van der Waals surface area contributed by atoms with Gasteiger partial charge in [0.2, 0.25) is 17.7 Å². The molecule has 0 unspecified atom stereocenters. The monoisotopic (exact) mass is 391 g/mol. The van der Waals surface area contributed by atoms with Crippen LogP contribution in [0.3, 0.4) is 0 Å². The third-order valence-electron chi connectivity index (χ3n) is 5.75. The first-order valence-corrected chi connectivity index (χ1v) is 10.1. The normalized spacial score (nSPS) is 18.1. The standard InChI is InChI=1S/C23H25N3O3/c1-3-16-5-4-6-19(11-16)24-23(29)18-13-22(28)26(14-18)20-7-8-21-17(12-20)9-10-25(21)15(2)27/h4-8,11-12,18H,3,9-10,13-14H2,1-2H3,(H,24,29)/t18-/m1/s1. The average Bonchev–Trinajstić information content (AvgIpc) is 3.31. The molecule has 2 aliphatic rings. The van der Waals surface area contributed by atoms with Crippen molar-refractivity contribution in [3.8, 4) is 0 Å². The first-order chi connectivity index (χ1) is 14.0. The number of nitrogens with zero attached hydrogens (tertiary/aromatic N) is 2. The van der Waals surface area contributed by atoms with Gasteiger partial charge >= 0.3 is 0 Å². The fourth-order valence-corrected chi connectivity index (χ4v) is 4.13. The lowest BCUT2D eigenvalue weighted by Crippen LogP contribution is -2.28. The highest BCUT2D eigenvalue weighted by molar-refractivity contribution is 6.04. The predicted molar refractivity (Wildman–Crippen MR) is 113 cm³/mol. The quantitative estimate of drug-likeness (QED) is 0.870. The van der Waals surface area contributed by atoms with Crippen molar-refractivity contribution >= 4 is 34.8 Å². The maximum atomic E-state index is 12.7. The van der Waals surface area contributed by atoms with Gasteiger partial charge in [-0.25, -0.2) is 0 Å². The Bertz CT molecular complexity index is 985. The number of hydrogen-bond acceptors (Lipinski definition) is 3. The molecule has 2 heterocycles. The van der Waals surface area contributed by atoms with Gasteiger partial charge in [0.1, 0.15) is 0 Å². The summed E-state index contributed by atoms with van der Waals surface area (Å²) in [6, 6.07) is 13.5. The van der Waals surface area contributed by atoms with E-state index in [0.717, 1.165) is 41.0 Å². The highest BCUT2D eigenvalue weighted by Gasteiger charge is 2.36. The zero-order valence-corrected chi connectivity index (χ0v) is 16.8. The van der Waals surface area contributed by atoms with Crippen LogP contribution in [0.5, 0.6) is 0 Å². The number of hydrogen-bond donors (Lipinski definition) is 1. The van der Waals surface area contributed by atoms with Gasteiger partial charge in [-0.1, -0.05) is 19.1 Å². The molecule has 29 heavy (non-hydrogen) atoms. The zero-order chi connectivity index (χ0) is 20.5. The van der Waals surface area contributed by atoms with Crippen LogP contribution < -0.4 is 15.1 Å². The van der Waals surface area contributed by atoms with Crippen LogP contribution in [-0.4, -0.2) is 30.8 Å². The highest BCUT2D eigenvalue weighted by atomic mass is 16.2. The third kappa shape index (κ3) is 3.75. The molecule has 0 aliphatic carbocycles. The Kier molecular flexibility index (Phi) is 5.09. The van der Waals surface area contributed by atoms with Crippen molar-refractivity contribution in [3.63, 3.8) is 0 Å². The highest BCUT2D eigenvalue weighted by Crippen LogP contribution is 2.34. The second-order valence-electron chi connectivity index (χ2n) is 7.68. The van der Waals surface area contributed by atoms with Crippen LogP contribution in [0.25, 0.3) is 0 Å². The molecule has 2 aromatic rings. The van der Waals surface area contributed by atoms with Crippen molar-refractivity contribution < 1.29 is 14.4 Å². The summed E-state index contributed by atoms with van der Waals surface area (Å²) in [5.74, 6) is -0.528. The molecule has 2 aliphatic heterocycles. The van der Waals surface area contributed by atoms with E-state index in [-0.39, 0.29) is 30.1 Å². The van der Waals surface area contributed by atoms with Crippen LogP contribution in [0.1, 0.15) is 31.4 Å². The average molecular weight is 391 g/mol. The maximum Gasteiger partial charge on any atom is 0.229 e. The minimum atomic E-state index is -0.380. The number of anilines is 3. The Morgan fingerprint density at radius 3 is 2.76 bits per heavy atom. The Morgan fingerprint density at radius 1 is 1.17 bits per heavy atom. The number of rotatable bonds is 4. The lowest BCUT2D eigenvalue weighted by atomic mass is 10.1. The second kappa shape index (κ2) is 7.70. The minimum Gasteiger partial charge on any atom is -0.326 e. The van der Waals surface area contributed by atoms with E-state index in [1.807, 2.05) is 42.5 Å². The molecule has 1 fully saturated rings. The summed E-state index contributed by atoms with van der Waals surface area (Å²) in [5, 5.41) is 2.95. The molecule has 1 atom stereocenters. The van der Waals surface area contributed by atoms with Crippen molar-refractivity contribution in [3.05, 3.63) is 53.6 Å². The molecular weight excluding hydrogens is 366 g/mol. The van der Waals surface area contributed by atoms with Crippen LogP contribution in [0.2, 0.25) is 0 Å². The van der Waals surface area contributed by atoms with E-state index in [1.165, 1.54) is 0 Å². The SMILES string of the molecule is CCc1cccc(NC(=O)[C@@H]2CC(=O)N(c3ccc4c(c3)CCN4C(C)=O)C2)c1. The van der Waals surface area contributed by atoms with Gasteiger partial charge in [0, 0.05) is 43.5 Å². The topological polar surface area (TPSA) is 69.7 Å². The van der Waals surface area contributed by atoms with Crippen molar-refractivity contribution in [1.29, 1.82) is 0 Å². The maximum absolute atomic E-state index is 12.7. The van der Waals surface area contributed by atoms with Crippen LogP contribution in [0, 0.1) is 5.92 Å². The van der Waals surface area contributed by atoms with Gasteiger partial charge in [0.05, 0.1) is 5.92 Å². The van der Waals surface area contributed by atoms with Crippen molar-refractivity contribution in [2.45, 2.75) is 33.1 Å². The summed E-state index contributed by atoms with van der Waals surface area (Å²) in [4.78, 5) is 40.5. The molecule has 2 aromatic carbocycles. The van der Waals surface area contributed by atoms with Gasteiger partial charge in [-0.2, -0.15) is 0 Å². The van der Waals surface area contributed by atoms with Crippen molar-refractivity contribution in [2.24, 2.45) is 5.92 Å². The van der Waals surface area contributed by atoms with E-state index in [0.29, 0.717) is 13.1 Å². The van der Waals surface area contributed by atoms with E-state index < -0.39 is 0 Å². The molecule has 3 amide bonds. The van der Waals surface area contributed by atoms with Gasteiger partial charge in [-0.3, -0.25) is 14.4 Å². The molecule has 6 nitrogen and oxygen atoms in total. The summed E-state index contributed by atoms with van der Waals surface area (Å²) in [5.41, 5.74) is 4.70. The smallest absolute Gasteiger partial charge is 0.229 e. The Morgan fingerprint density at radius 2 is 2.00 bits per heavy atom. The zero-order valence-electron chi connectivity index (χ0n) is 16.8. The van der Waals surface area contributed by atoms with E-state index in [1.54, 1.807) is 16.7 Å². The fourth-order valence-electron chi connectivity index (χ4n) is 4.13. The second-order valence-corrected chi connectivity index (χ2v) is 7.68. The summed E-state index contributed by atoms with van der Waals surface area (Å²) >= 11 is 0. The van der Waals surface area contributed by atoms with E-state index in [4.69, 9.17) is 0 Å². The molecule has 0 radical (unpaired) electrons. The number of fused-ring (bicyclic) bond motifs is 1. The molecule has 6 heteroatoms. The number of aryl methyl sites for hydroxylation is 1. The lowest BCUT2D eigenvalue weighted by molar-refractivity contribution is -0.122. The number of carbonyl (C=O) groups excluding carboxylic acids is 3. The van der Waals surface area contributed by atoms with Gasteiger partial charge in [0.15, 0.2) is 0 Å². The van der Waals surface area contributed by atoms with Crippen LogP contribution in [0.15, 0.2) is 42.5 Å². The molecule has 1 N–H and O–H groups in total. The fraction of sp³-hybridized carbons (Fsp3) is 0.348. The minimum absolute atomic E-state index is 0.0256. The molecule has 1 saturated heterocycles. The molecular formula is C23H25N3O3. The Labute approximate surface area is 170 Å². The third-order valence-corrected chi connectivity index (χ3v) is 5.75. The first-order valence-electron chi connectivity index (χ1n) is 10.1. The molecule has 0 spiro atoms. The Hall–Kier alpha value is -3.15. The molecule has 0 aromatic heterocycles. The number of amides is 3. The number of benzene rings is 2. The van der Waals surface area contributed by atoms with E-state index >= 15 is 0 Å². The molecule has 0 bridgehead atoms. The first kappa shape index (κ1) is 19.2. The summed E-state index contributed by atoms with van der Waals surface area (Å²) in [6.45, 7) is 4.67. The van der Waals surface area contributed by atoms with Crippen LogP contribution in [-0.2, 0) is 27.2 Å². The largest absolute Gasteiger partial charge is 0.326 e. The van der Waals surface area contributed by atoms with Crippen molar-refractivity contribution in [2.75, 3.05) is 28.2 Å². The number of nitrogens with one attached hydrogen (secondary N) is 1.